The summed E-state index contributed by atoms with van der Waals surface area (Å²) in [5, 5.41) is 6.49. The Balaban J connectivity index is 1.43. The van der Waals surface area contributed by atoms with Gasteiger partial charge in [-0.05, 0) is 42.8 Å². The Kier molecular flexibility index (Phi) is 6.46. The minimum Gasteiger partial charge on any atom is -0.497 e. The lowest BCUT2D eigenvalue weighted by Crippen LogP contribution is -2.14. The summed E-state index contributed by atoms with van der Waals surface area (Å²) in [6, 6.07) is 17.8. The van der Waals surface area contributed by atoms with E-state index in [1.807, 2.05) is 30.3 Å². The summed E-state index contributed by atoms with van der Waals surface area (Å²) >= 11 is 0. The second-order valence-electron chi connectivity index (χ2n) is 6.06. The van der Waals surface area contributed by atoms with Gasteiger partial charge in [-0.25, -0.2) is 4.98 Å². The zero-order chi connectivity index (χ0) is 18.9. The van der Waals surface area contributed by atoms with Crippen molar-refractivity contribution in [2.45, 2.75) is 13.5 Å². The van der Waals surface area contributed by atoms with Crippen LogP contribution in [0.2, 0.25) is 0 Å². The molecule has 0 saturated carbocycles. The molecule has 3 aromatic rings. The number of nitrogens with one attached hydrogen (secondary N) is 2. The number of aromatic nitrogens is 2. The molecule has 0 saturated heterocycles. The monoisotopic (exact) mass is 364 g/mol. The van der Waals surface area contributed by atoms with Crippen molar-refractivity contribution in [2.24, 2.45) is 0 Å². The van der Waals surface area contributed by atoms with E-state index in [0.29, 0.717) is 19.1 Å². The molecule has 0 fully saturated rings. The maximum atomic E-state index is 5.68. The van der Waals surface area contributed by atoms with E-state index in [4.69, 9.17) is 9.47 Å². The van der Waals surface area contributed by atoms with Crippen molar-refractivity contribution in [3.8, 4) is 11.5 Å². The van der Waals surface area contributed by atoms with E-state index in [-0.39, 0.29) is 0 Å². The number of benzene rings is 2. The van der Waals surface area contributed by atoms with Crippen LogP contribution in [-0.4, -0.2) is 30.2 Å². The first-order chi connectivity index (χ1) is 13.2. The fraction of sp³-hybridized carbons (Fsp3) is 0.238. The van der Waals surface area contributed by atoms with Gasteiger partial charge in [0.05, 0.1) is 13.7 Å². The molecule has 2 N–H and O–H groups in total. The zero-order valence-electron chi connectivity index (χ0n) is 15.6. The number of methoxy groups -OCH3 is 1. The maximum Gasteiger partial charge on any atom is 0.224 e. The van der Waals surface area contributed by atoms with Gasteiger partial charge in [0.1, 0.15) is 23.9 Å². The Morgan fingerprint density at radius 2 is 1.63 bits per heavy atom. The van der Waals surface area contributed by atoms with Gasteiger partial charge in [-0.3, -0.25) is 0 Å². The average molecular weight is 364 g/mol. The SMILES string of the molecule is COc1ccc(OCCNc2nccc(NCc3ccc(C)cc3)n2)cc1. The summed E-state index contributed by atoms with van der Waals surface area (Å²) in [7, 11) is 1.64. The summed E-state index contributed by atoms with van der Waals surface area (Å²) in [6.45, 7) is 3.92. The number of nitrogens with zero attached hydrogens (tertiary/aromatic N) is 2. The molecule has 27 heavy (non-hydrogen) atoms. The number of anilines is 2. The molecule has 1 aromatic heterocycles. The van der Waals surface area contributed by atoms with E-state index in [0.717, 1.165) is 23.9 Å². The second kappa shape index (κ2) is 9.43. The van der Waals surface area contributed by atoms with Gasteiger partial charge in [-0.2, -0.15) is 4.98 Å². The predicted octanol–water partition coefficient (Wildman–Crippen LogP) is 3.90. The molecule has 6 nitrogen and oxygen atoms in total. The molecule has 0 unspecified atom stereocenters. The van der Waals surface area contributed by atoms with Gasteiger partial charge in [0, 0.05) is 12.7 Å². The Hall–Kier alpha value is -3.28. The van der Waals surface area contributed by atoms with Crippen LogP contribution in [0.4, 0.5) is 11.8 Å². The van der Waals surface area contributed by atoms with Gasteiger partial charge in [-0.15, -0.1) is 0 Å². The topological polar surface area (TPSA) is 68.3 Å². The number of hydrogen-bond donors (Lipinski definition) is 2. The van der Waals surface area contributed by atoms with Crippen LogP contribution in [0.25, 0.3) is 0 Å². The van der Waals surface area contributed by atoms with Gasteiger partial charge < -0.3 is 20.1 Å². The molecule has 2 aromatic carbocycles. The van der Waals surface area contributed by atoms with Crippen LogP contribution < -0.4 is 20.1 Å². The summed E-state index contributed by atoms with van der Waals surface area (Å²) in [6.07, 6.45) is 1.73. The van der Waals surface area contributed by atoms with Gasteiger partial charge in [0.15, 0.2) is 0 Å². The quantitative estimate of drug-likeness (QED) is 0.561. The van der Waals surface area contributed by atoms with Crippen molar-refractivity contribution in [2.75, 3.05) is 30.9 Å². The summed E-state index contributed by atoms with van der Waals surface area (Å²) in [5.41, 5.74) is 2.46. The molecule has 0 aliphatic rings. The normalized spacial score (nSPS) is 10.3. The maximum absolute atomic E-state index is 5.68. The third kappa shape index (κ3) is 5.88. The highest BCUT2D eigenvalue weighted by molar-refractivity contribution is 5.40. The first-order valence-corrected chi connectivity index (χ1v) is 8.86. The van der Waals surface area contributed by atoms with Crippen LogP contribution >= 0.6 is 0 Å². The van der Waals surface area contributed by atoms with E-state index in [9.17, 15) is 0 Å². The molecular weight excluding hydrogens is 340 g/mol. The van der Waals surface area contributed by atoms with Crippen molar-refractivity contribution in [3.05, 3.63) is 71.9 Å². The summed E-state index contributed by atoms with van der Waals surface area (Å²) < 4.78 is 10.8. The van der Waals surface area contributed by atoms with Gasteiger partial charge >= 0.3 is 0 Å². The Labute approximate surface area is 159 Å². The molecule has 0 atom stereocenters. The lowest BCUT2D eigenvalue weighted by molar-refractivity contribution is 0.331. The zero-order valence-corrected chi connectivity index (χ0v) is 15.6. The van der Waals surface area contributed by atoms with Crippen LogP contribution in [-0.2, 0) is 6.54 Å². The Bertz CT molecular complexity index is 836. The van der Waals surface area contributed by atoms with E-state index in [1.54, 1.807) is 13.3 Å². The van der Waals surface area contributed by atoms with Crippen LogP contribution in [0.1, 0.15) is 11.1 Å². The minimum absolute atomic E-state index is 0.511. The largest absolute Gasteiger partial charge is 0.497 e. The van der Waals surface area contributed by atoms with Crippen molar-refractivity contribution < 1.29 is 9.47 Å². The molecule has 0 bridgehead atoms. The van der Waals surface area contributed by atoms with E-state index < -0.39 is 0 Å². The smallest absolute Gasteiger partial charge is 0.224 e. The minimum atomic E-state index is 0.511. The van der Waals surface area contributed by atoms with Gasteiger partial charge in [0.2, 0.25) is 5.95 Å². The molecule has 0 aliphatic carbocycles. The Morgan fingerprint density at radius 3 is 2.37 bits per heavy atom. The number of ether oxygens (including phenoxy) is 2. The Morgan fingerprint density at radius 1 is 0.889 bits per heavy atom. The molecule has 0 spiro atoms. The molecule has 6 heteroatoms. The number of hydrogen-bond acceptors (Lipinski definition) is 6. The van der Waals surface area contributed by atoms with E-state index in [2.05, 4.69) is 51.8 Å². The lowest BCUT2D eigenvalue weighted by atomic mass is 10.1. The molecule has 0 aliphatic heterocycles. The third-order valence-electron chi connectivity index (χ3n) is 3.96. The first-order valence-electron chi connectivity index (χ1n) is 8.86. The van der Waals surface area contributed by atoms with Crippen molar-refractivity contribution >= 4 is 11.8 Å². The molecule has 0 amide bonds. The highest BCUT2D eigenvalue weighted by Crippen LogP contribution is 2.16. The lowest BCUT2D eigenvalue weighted by Gasteiger charge is -2.10. The van der Waals surface area contributed by atoms with Gasteiger partial charge in [0.25, 0.3) is 0 Å². The van der Waals surface area contributed by atoms with Crippen LogP contribution in [0.5, 0.6) is 11.5 Å². The van der Waals surface area contributed by atoms with Crippen molar-refractivity contribution in [3.63, 3.8) is 0 Å². The first kappa shape index (κ1) is 18.5. The van der Waals surface area contributed by atoms with Crippen LogP contribution in [0.3, 0.4) is 0 Å². The summed E-state index contributed by atoms with van der Waals surface area (Å²) in [4.78, 5) is 8.71. The van der Waals surface area contributed by atoms with Crippen LogP contribution in [0, 0.1) is 6.92 Å². The van der Waals surface area contributed by atoms with Gasteiger partial charge in [-0.1, -0.05) is 29.8 Å². The predicted molar refractivity (Wildman–Crippen MR) is 108 cm³/mol. The van der Waals surface area contributed by atoms with E-state index >= 15 is 0 Å². The third-order valence-corrected chi connectivity index (χ3v) is 3.96. The van der Waals surface area contributed by atoms with Crippen molar-refractivity contribution in [1.82, 2.24) is 9.97 Å². The average Bonchev–Trinajstić information content (AvgIpc) is 2.71. The second-order valence-corrected chi connectivity index (χ2v) is 6.06. The molecule has 1 heterocycles. The summed E-state index contributed by atoms with van der Waals surface area (Å²) in [5.74, 6) is 2.96. The number of aryl methyl sites for hydroxylation is 1. The molecule has 3 rings (SSSR count). The van der Waals surface area contributed by atoms with Crippen LogP contribution in [0.15, 0.2) is 60.8 Å². The molecular formula is C21H24N4O2. The standard InChI is InChI=1S/C21H24N4O2/c1-16-3-5-17(6-4-16)15-24-20-11-12-22-21(25-20)23-13-14-27-19-9-7-18(26-2)8-10-19/h3-12H,13-15H2,1-2H3,(H2,22,23,24,25). The fourth-order valence-electron chi connectivity index (χ4n) is 2.44. The fourth-order valence-corrected chi connectivity index (χ4v) is 2.44. The van der Waals surface area contributed by atoms with E-state index in [1.165, 1.54) is 11.1 Å². The highest BCUT2D eigenvalue weighted by Gasteiger charge is 2.00. The highest BCUT2D eigenvalue weighted by atomic mass is 16.5. The molecule has 140 valence electrons. The van der Waals surface area contributed by atoms with Crippen molar-refractivity contribution in [1.29, 1.82) is 0 Å². The molecule has 0 radical (unpaired) electrons. The number of rotatable bonds is 9.